The molecule has 9 heteroatoms. The largest absolute Gasteiger partial charge is 0.484 e. The summed E-state index contributed by atoms with van der Waals surface area (Å²) >= 11 is 0. The summed E-state index contributed by atoms with van der Waals surface area (Å²) in [6, 6.07) is 15.6. The fourth-order valence-electron chi connectivity index (χ4n) is 3.61. The number of benzene rings is 3. The van der Waals surface area contributed by atoms with E-state index < -0.39 is 35.6 Å². The third-order valence-electron chi connectivity index (χ3n) is 5.32. The van der Waals surface area contributed by atoms with Gasteiger partial charge < -0.3 is 19.2 Å². The van der Waals surface area contributed by atoms with Gasteiger partial charge in [-0.15, -0.1) is 0 Å². The second-order valence-electron chi connectivity index (χ2n) is 8.32. The Labute approximate surface area is 204 Å². The van der Waals surface area contributed by atoms with E-state index in [1.807, 2.05) is 26.0 Å². The molecule has 1 aromatic heterocycles. The summed E-state index contributed by atoms with van der Waals surface area (Å²) in [7, 11) is 0. The van der Waals surface area contributed by atoms with Crippen LogP contribution in [0.5, 0.6) is 17.2 Å². The summed E-state index contributed by atoms with van der Waals surface area (Å²) in [4.78, 5) is 25.2. The number of rotatable bonds is 6. The van der Waals surface area contributed by atoms with Crippen molar-refractivity contribution in [3.05, 3.63) is 93.3 Å². The zero-order valence-electron chi connectivity index (χ0n) is 19.7. The van der Waals surface area contributed by atoms with Gasteiger partial charge in [-0.25, -0.2) is 0 Å². The quantitative estimate of drug-likeness (QED) is 0.327. The smallest absolute Gasteiger partial charge is 0.453 e. The van der Waals surface area contributed by atoms with Gasteiger partial charge in [0.2, 0.25) is 11.2 Å². The van der Waals surface area contributed by atoms with Crippen molar-refractivity contribution in [2.45, 2.75) is 26.9 Å². The monoisotopic (exact) mass is 497 g/mol. The van der Waals surface area contributed by atoms with Gasteiger partial charge in [-0.2, -0.15) is 13.2 Å². The number of amides is 1. The summed E-state index contributed by atoms with van der Waals surface area (Å²) in [6.45, 7) is 5.12. The first-order valence-electron chi connectivity index (χ1n) is 10.9. The lowest BCUT2D eigenvalue weighted by molar-refractivity contribution is -0.154. The first-order chi connectivity index (χ1) is 17.0. The highest BCUT2D eigenvalue weighted by atomic mass is 19.4. The Bertz CT molecular complexity index is 1510. The number of nitrogens with one attached hydrogen (secondary N) is 1. The fraction of sp³-hybridized carbons (Fsp3) is 0.185. The Hall–Kier alpha value is -4.27. The first kappa shape index (κ1) is 24.8. The third kappa shape index (κ3) is 5.51. The standard InChI is InChI=1S/C27H22F3NO5/c1-15-5-4-6-19(12-15)35-25-24(33)20-9-8-18(13-22(20)36-26(25)27(28,29)30)34-14-23(32)31-21-10-7-16(2)11-17(21)3/h4-13H,14H2,1-3H3,(H,31,32). The molecular formula is C27H22F3NO5. The van der Waals surface area contributed by atoms with Crippen molar-refractivity contribution in [2.24, 2.45) is 0 Å². The van der Waals surface area contributed by atoms with E-state index in [2.05, 4.69) is 5.32 Å². The minimum Gasteiger partial charge on any atom is -0.484 e. The molecule has 4 rings (SSSR count). The van der Waals surface area contributed by atoms with Gasteiger partial charge in [0, 0.05) is 11.8 Å². The minimum atomic E-state index is -4.99. The summed E-state index contributed by atoms with van der Waals surface area (Å²) in [5.41, 5.74) is 1.95. The normalized spacial score (nSPS) is 11.4. The molecule has 36 heavy (non-hydrogen) atoms. The Balaban J connectivity index is 1.60. The Morgan fingerprint density at radius 1 is 0.944 bits per heavy atom. The summed E-state index contributed by atoms with van der Waals surface area (Å²) in [5.74, 6) is -2.85. The molecule has 0 aliphatic heterocycles. The van der Waals surface area contributed by atoms with Crippen LogP contribution in [0.25, 0.3) is 11.0 Å². The molecule has 0 bridgehead atoms. The van der Waals surface area contributed by atoms with Crippen LogP contribution in [0.1, 0.15) is 22.5 Å². The van der Waals surface area contributed by atoms with E-state index >= 15 is 0 Å². The number of fused-ring (bicyclic) bond motifs is 1. The van der Waals surface area contributed by atoms with Crippen molar-refractivity contribution in [1.29, 1.82) is 0 Å². The summed E-state index contributed by atoms with van der Waals surface area (Å²) in [6.07, 6.45) is -4.99. The molecule has 1 amide bonds. The molecule has 0 saturated heterocycles. The SMILES string of the molecule is Cc1cccc(Oc2c(C(F)(F)F)oc3cc(OCC(=O)Nc4ccc(C)cc4C)ccc3c2=O)c1. The number of alkyl halides is 3. The predicted molar refractivity (Wildman–Crippen MR) is 129 cm³/mol. The average molecular weight is 497 g/mol. The number of aryl methyl sites for hydroxylation is 3. The first-order valence-corrected chi connectivity index (χ1v) is 10.9. The average Bonchev–Trinajstić information content (AvgIpc) is 2.80. The van der Waals surface area contributed by atoms with Crippen LogP contribution in [0.15, 0.2) is 69.9 Å². The van der Waals surface area contributed by atoms with E-state index in [4.69, 9.17) is 13.9 Å². The van der Waals surface area contributed by atoms with Crippen LogP contribution in [0.3, 0.4) is 0 Å². The van der Waals surface area contributed by atoms with E-state index in [0.717, 1.165) is 22.8 Å². The van der Waals surface area contributed by atoms with E-state index in [0.29, 0.717) is 5.69 Å². The minimum absolute atomic E-state index is 0.0573. The van der Waals surface area contributed by atoms with Crippen molar-refractivity contribution in [2.75, 3.05) is 11.9 Å². The number of carbonyl (C=O) groups is 1. The molecule has 1 N–H and O–H groups in total. The number of hydrogen-bond donors (Lipinski definition) is 1. The van der Waals surface area contributed by atoms with Crippen LogP contribution in [0.2, 0.25) is 0 Å². The van der Waals surface area contributed by atoms with Crippen LogP contribution in [0, 0.1) is 20.8 Å². The second-order valence-corrected chi connectivity index (χ2v) is 8.32. The zero-order valence-corrected chi connectivity index (χ0v) is 19.7. The maximum atomic E-state index is 13.8. The van der Waals surface area contributed by atoms with E-state index in [-0.39, 0.29) is 22.5 Å². The lowest BCUT2D eigenvalue weighted by Gasteiger charge is -2.14. The van der Waals surface area contributed by atoms with E-state index in [1.165, 1.54) is 24.3 Å². The van der Waals surface area contributed by atoms with Gasteiger partial charge in [-0.3, -0.25) is 9.59 Å². The van der Waals surface area contributed by atoms with Gasteiger partial charge in [0.05, 0.1) is 5.39 Å². The number of carbonyl (C=O) groups excluding carboxylic acids is 1. The van der Waals surface area contributed by atoms with Crippen LogP contribution >= 0.6 is 0 Å². The van der Waals surface area contributed by atoms with Crippen LogP contribution in [0.4, 0.5) is 18.9 Å². The van der Waals surface area contributed by atoms with Crippen molar-refractivity contribution in [3.63, 3.8) is 0 Å². The Kier molecular flexibility index (Phi) is 6.74. The van der Waals surface area contributed by atoms with Gasteiger partial charge in [0.25, 0.3) is 11.7 Å². The highest BCUT2D eigenvalue weighted by molar-refractivity contribution is 5.92. The highest BCUT2D eigenvalue weighted by Crippen LogP contribution is 2.38. The number of anilines is 1. The maximum Gasteiger partial charge on any atom is 0.453 e. The molecule has 6 nitrogen and oxygen atoms in total. The van der Waals surface area contributed by atoms with Crippen molar-refractivity contribution < 1.29 is 31.9 Å². The van der Waals surface area contributed by atoms with Crippen LogP contribution in [-0.4, -0.2) is 12.5 Å². The van der Waals surface area contributed by atoms with Gasteiger partial charge in [0.15, 0.2) is 6.61 Å². The third-order valence-corrected chi connectivity index (χ3v) is 5.32. The molecule has 0 radical (unpaired) electrons. The van der Waals surface area contributed by atoms with Crippen molar-refractivity contribution in [3.8, 4) is 17.2 Å². The van der Waals surface area contributed by atoms with E-state index in [1.54, 1.807) is 25.1 Å². The van der Waals surface area contributed by atoms with Gasteiger partial charge in [0.1, 0.15) is 17.1 Å². The van der Waals surface area contributed by atoms with Crippen molar-refractivity contribution >= 4 is 22.6 Å². The van der Waals surface area contributed by atoms with Crippen LogP contribution < -0.4 is 20.2 Å². The van der Waals surface area contributed by atoms with E-state index in [9.17, 15) is 22.8 Å². The number of hydrogen-bond acceptors (Lipinski definition) is 5. The molecule has 1 heterocycles. The molecule has 3 aromatic carbocycles. The fourth-order valence-corrected chi connectivity index (χ4v) is 3.61. The van der Waals surface area contributed by atoms with Crippen LogP contribution in [-0.2, 0) is 11.0 Å². The predicted octanol–water partition coefficient (Wildman–Crippen LogP) is 6.55. The second kappa shape index (κ2) is 9.77. The molecular weight excluding hydrogens is 475 g/mol. The zero-order chi connectivity index (χ0) is 26.0. The summed E-state index contributed by atoms with van der Waals surface area (Å²) < 4.78 is 57.1. The number of ether oxygens (including phenoxy) is 2. The molecule has 0 spiro atoms. The van der Waals surface area contributed by atoms with Crippen molar-refractivity contribution in [1.82, 2.24) is 0 Å². The molecule has 0 atom stereocenters. The molecule has 0 saturated carbocycles. The topological polar surface area (TPSA) is 77.8 Å². The molecule has 4 aromatic rings. The lowest BCUT2D eigenvalue weighted by atomic mass is 10.1. The molecule has 0 aliphatic rings. The van der Waals surface area contributed by atoms with Gasteiger partial charge in [-0.05, 0) is 62.2 Å². The Morgan fingerprint density at radius 2 is 1.69 bits per heavy atom. The summed E-state index contributed by atoms with van der Waals surface area (Å²) in [5, 5.41) is 2.59. The van der Waals surface area contributed by atoms with Gasteiger partial charge >= 0.3 is 6.18 Å². The maximum absolute atomic E-state index is 13.8. The number of halogens is 3. The highest BCUT2D eigenvalue weighted by Gasteiger charge is 2.40. The molecule has 0 unspecified atom stereocenters. The lowest BCUT2D eigenvalue weighted by Crippen LogP contribution is -2.20. The molecule has 0 fully saturated rings. The van der Waals surface area contributed by atoms with Gasteiger partial charge in [-0.1, -0.05) is 29.8 Å². The molecule has 186 valence electrons. The Morgan fingerprint density at radius 3 is 2.39 bits per heavy atom. The molecule has 0 aliphatic carbocycles.